The molecule has 2 aromatic carbocycles. The molecule has 0 bridgehead atoms. The van der Waals surface area contributed by atoms with Gasteiger partial charge < -0.3 is 4.57 Å². The third-order valence-corrected chi connectivity index (χ3v) is 7.34. The minimum absolute atomic E-state index is 0.000512. The monoisotopic (exact) mass is 433 g/mol. The number of carbonyl (C=O) groups is 1. The largest absolute Gasteiger partial charge is 0.319 e. The molecule has 1 aromatic heterocycles. The fraction of sp³-hybridized carbons (Fsp3) is 0.263. The van der Waals surface area contributed by atoms with Crippen molar-refractivity contribution in [2.45, 2.75) is 24.7 Å². The molecular formula is C19H19N3O5S2. The van der Waals surface area contributed by atoms with E-state index in [9.17, 15) is 23.3 Å². The molecule has 1 heterocycles. The Balaban J connectivity index is 1.71. The number of carbonyl (C=O) groups excluding carboxylic acids is 1. The van der Waals surface area contributed by atoms with Crippen LogP contribution in [0.4, 0.5) is 5.69 Å². The van der Waals surface area contributed by atoms with Gasteiger partial charge in [0.1, 0.15) is 0 Å². The van der Waals surface area contributed by atoms with Crippen molar-refractivity contribution in [1.29, 1.82) is 0 Å². The molecule has 3 rings (SSSR count). The molecule has 0 saturated carbocycles. The number of benzene rings is 2. The SMILES string of the molecule is Cc1ccc(S(=O)(=O)CCCC(=O)N=c2sc3ccc([N+](=O)[O-])cc3n2C)cc1. The van der Waals surface area contributed by atoms with E-state index in [1.807, 2.05) is 6.92 Å². The summed E-state index contributed by atoms with van der Waals surface area (Å²) in [6, 6.07) is 11.1. The Hall–Kier alpha value is -2.85. The molecule has 0 radical (unpaired) electrons. The summed E-state index contributed by atoms with van der Waals surface area (Å²) < 4.78 is 27.1. The van der Waals surface area contributed by atoms with Crippen molar-refractivity contribution in [3.8, 4) is 0 Å². The second-order valence-electron chi connectivity index (χ2n) is 6.59. The lowest BCUT2D eigenvalue weighted by atomic mass is 10.2. The minimum atomic E-state index is -3.45. The first kappa shape index (κ1) is 20.9. The van der Waals surface area contributed by atoms with Crippen LogP contribution >= 0.6 is 11.3 Å². The highest BCUT2D eigenvalue weighted by Crippen LogP contribution is 2.22. The molecule has 10 heteroatoms. The molecule has 0 N–H and O–H groups in total. The maximum atomic E-state index is 12.3. The quantitative estimate of drug-likeness (QED) is 0.438. The van der Waals surface area contributed by atoms with Crippen LogP contribution in [0.2, 0.25) is 0 Å². The van der Waals surface area contributed by atoms with Gasteiger partial charge in [-0.25, -0.2) is 8.42 Å². The Kier molecular flexibility index (Phi) is 5.94. The number of non-ortho nitro benzene ring substituents is 1. The van der Waals surface area contributed by atoms with Gasteiger partial charge in [0, 0.05) is 25.6 Å². The molecule has 0 aliphatic heterocycles. The molecule has 1 amide bonds. The summed E-state index contributed by atoms with van der Waals surface area (Å²) in [5.74, 6) is -0.567. The first-order chi connectivity index (χ1) is 13.7. The second-order valence-corrected chi connectivity index (χ2v) is 9.71. The van der Waals surface area contributed by atoms with E-state index in [1.165, 1.54) is 23.5 Å². The van der Waals surface area contributed by atoms with Gasteiger partial charge in [-0.2, -0.15) is 4.99 Å². The van der Waals surface area contributed by atoms with Gasteiger partial charge in [-0.05, 0) is 31.5 Å². The van der Waals surface area contributed by atoms with Crippen molar-refractivity contribution in [3.05, 3.63) is 62.9 Å². The van der Waals surface area contributed by atoms with Crippen molar-refractivity contribution in [1.82, 2.24) is 4.57 Å². The second kappa shape index (κ2) is 8.26. The van der Waals surface area contributed by atoms with Gasteiger partial charge in [0.15, 0.2) is 14.6 Å². The summed E-state index contributed by atoms with van der Waals surface area (Å²) in [6.45, 7) is 1.88. The molecule has 0 fully saturated rings. The molecule has 0 saturated heterocycles. The third-order valence-electron chi connectivity index (χ3n) is 4.41. The van der Waals surface area contributed by atoms with Crippen molar-refractivity contribution in [2.75, 3.05) is 5.75 Å². The van der Waals surface area contributed by atoms with E-state index in [-0.39, 0.29) is 29.2 Å². The highest BCUT2D eigenvalue weighted by atomic mass is 32.2. The van der Waals surface area contributed by atoms with Crippen LogP contribution < -0.4 is 4.80 Å². The number of nitro benzene ring substituents is 1. The first-order valence-electron chi connectivity index (χ1n) is 8.78. The molecule has 0 unspecified atom stereocenters. The van der Waals surface area contributed by atoms with Gasteiger partial charge in [-0.3, -0.25) is 14.9 Å². The van der Waals surface area contributed by atoms with E-state index in [0.29, 0.717) is 10.3 Å². The van der Waals surface area contributed by atoms with E-state index in [4.69, 9.17) is 0 Å². The standard InChI is InChI=1S/C19H19N3O5S2/c1-13-5-8-15(9-6-13)29(26,27)11-3-4-18(23)20-19-21(2)16-12-14(22(24)25)7-10-17(16)28-19/h5-10,12H,3-4,11H2,1-2H3. The zero-order chi connectivity index (χ0) is 21.2. The number of nitro groups is 1. The normalized spacial score (nSPS) is 12.4. The van der Waals surface area contributed by atoms with E-state index < -0.39 is 20.7 Å². The summed E-state index contributed by atoms with van der Waals surface area (Å²) >= 11 is 1.24. The van der Waals surface area contributed by atoms with Gasteiger partial charge in [0.2, 0.25) is 5.91 Å². The van der Waals surface area contributed by atoms with E-state index in [0.717, 1.165) is 10.3 Å². The number of fused-ring (bicyclic) bond motifs is 1. The van der Waals surface area contributed by atoms with Gasteiger partial charge in [-0.15, -0.1) is 0 Å². The Bertz CT molecular complexity index is 1260. The average molecular weight is 434 g/mol. The highest BCUT2D eigenvalue weighted by Gasteiger charge is 2.15. The maximum Gasteiger partial charge on any atom is 0.271 e. The molecule has 3 aromatic rings. The Morgan fingerprint density at radius 3 is 2.55 bits per heavy atom. The fourth-order valence-electron chi connectivity index (χ4n) is 2.77. The van der Waals surface area contributed by atoms with Crippen molar-refractivity contribution in [3.63, 3.8) is 0 Å². The number of thiazole rings is 1. The molecule has 8 nitrogen and oxygen atoms in total. The predicted octanol–water partition coefficient (Wildman–Crippen LogP) is 3.14. The lowest BCUT2D eigenvalue weighted by Crippen LogP contribution is -2.14. The van der Waals surface area contributed by atoms with Crippen LogP contribution in [0.25, 0.3) is 10.2 Å². The smallest absolute Gasteiger partial charge is 0.271 e. The number of aryl methyl sites for hydroxylation is 2. The lowest BCUT2D eigenvalue weighted by molar-refractivity contribution is -0.384. The molecule has 0 aliphatic rings. The number of hydrogen-bond acceptors (Lipinski definition) is 6. The number of hydrogen-bond donors (Lipinski definition) is 0. The van der Waals surface area contributed by atoms with Crippen LogP contribution in [0.5, 0.6) is 0 Å². The summed E-state index contributed by atoms with van der Waals surface area (Å²) in [5, 5.41) is 10.9. The molecule has 152 valence electrons. The zero-order valence-electron chi connectivity index (χ0n) is 15.9. The van der Waals surface area contributed by atoms with Gasteiger partial charge in [0.25, 0.3) is 5.69 Å². The molecule has 0 aliphatic carbocycles. The van der Waals surface area contributed by atoms with Crippen LogP contribution in [0.15, 0.2) is 52.4 Å². The number of sulfone groups is 1. The van der Waals surface area contributed by atoms with Gasteiger partial charge in [0.05, 0.1) is 25.8 Å². The Labute approximate surface area is 171 Å². The first-order valence-corrected chi connectivity index (χ1v) is 11.3. The van der Waals surface area contributed by atoms with Gasteiger partial charge >= 0.3 is 0 Å². The average Bonchev–Trinajstić information content (AvgIpc) is 2.97. The number of nitrogens with zero attached hydrogens (tertiary/aromatic N) is 3. The number of rotatable bonds is 6. The van der Waals surface area contributed by atoms with Crippen molar-refractivity contribution >= 4 is 43.0 Å². The zero-order valence-corrected chi connectivity index (χ0v) is 17.5. The fourth-order valence-corrected chi connectivity index (χ4v) is 5.10. The number of amides is 1. The van der Waals surface area contributed by atoms with Crippen molar-refractivity contribution in [2.24, 2.45) is 12.0 Å². The van der Waals surface area contributed by atoms with Crippen LogP contribution in [-0.2, 0) is 21.7 Å². The molecule has 0 spiro atoms. The van der Waals surface area contributed by atoms with E-state index >= 15 is 0 Å². The Morgan fingerprint density at radius 1 is 1.21 bits per heavy atom. The molecule has 29 heavy (non-hydrogen) atoms. The van der Waals surface area contributed by atoms with E-state index in [2.05, 4.69) is 4.99 Å². The summed E-state index contributed by atoms with van der Waals surface area (Å²) in [4.78, 5) is 27.4. The molecule has 0 atom stereocenters. The maximum absolute atomic E-state index is 12.3. The van der Waals surface area contributed by atoms with Crippen LogP contribution in [-0.4, -0.2) is 29.6 Å². The summed E-state index contributed by atoms with van der Waals surface area (Å²) in [7, 11) is -1.77. The lowest BCUT2D eigenvalue weighted by Gasteiger charge is -2.04. The summed E-state index contributed by atoms with van der Waals surface area (Å²) in [6.07, 6.45) is 0.165. The minimum Gasteiger partial charge on any atom is -0.319 e. The number of aromatic nitrogens is 1. The topological polar surface area (TPSA) is 112 Å². The van der Waals surface area contributed by atoms with Crippen LogP contribution in [0, 0.1) is 17.0 Å². The van der Waals surface area contributed by atoms with Crippen molar-refractivity contribution < 1.29 is 18.1 Å². The van der Waals surface area contributed by atoms with Gasteiger partial charge in [-0.1, -0.05) is 29.0 Å². The summed E-state index contributed by atoms with van der Waals surface area (Å²) in [5.41, 5.74) is 1.54. The van der Waals surface area contributed by atoms with E-state index in [1.54, 1.807) is 41.9 Å². The van der Waals surface area contributed by atoms with Crippen LogP contribution in [0.3, 0.4) is 0 Å². The third kappa shape index (κ3) is 4.77. The predicted molar refractivity (Wildman–Crippen MR) is 110 cm³/mol. The highest BCUT2D eigenvalue weighted by molar-refractivity contribution is 7.91. The van der Waals surface area contributed by atoms with Crippen LogP contribution in [0.1, 0.15) is 18.4 Å². The molecular weight excluding hydrogens is 414 g/mol. The Morgan fingerprint density at radius 2 is 1.90 bits per heavy atom.